The van der Waals surface area contributed by atoms with Crippen molar-refractivity contribution in [2.24, 2.45) is 0 Å². The minimum absolute atomic E-state index is 0.0310. The van der Waals surface area contributed by atoms with Gasteiger partial charge in [-0.2, -0.15) is 13.2 Å². The number of halogens is 4. The molecular formula is C18H18F4N2O. The summed E-state index contributed by atoms with van der Waals surface area (Å²) < 4.78 is 52.7. The Balaban J connectivity index is 2.09. The van der Waals surface area contributed by atoms with Crippen molar-refractivity contribution in [2.45, 2.75) is 25.7 Å². The van der Waals surface area contributed by atoms with Crippen molar-refractivity contribution in [2.75, 3.05) is 12.4 Å². The first-order valence-electron chi connectivity index (χ1n) is 7.61. The minimum atomic E-state index is -4.46. The van der Waals surface area contributed by atoms with E-state index in [4.69, 9.17) is 0 Å². The summed E-state index contributed by atoms with van der Waals surface area (Å²) in [4.78, 5) is 13.7. The average molecular weight is 354 g/mol. The van der Waals surface area contributed by atoms with Crippen LogP contribution in [0.2, 0.25) is 0 Å². The quantitative estimate of drug-likeness (QED) is 0.812. The molecule has 0 radical (unpaired) electrons. The molecule has 2 aromatic carbocycles. The van der Waals surface area contributed by atoms with Crippen LogP contribution >= 0.6 is 0 Å². The van der Waals surface area contributed by atoms with Gasteiger partial charge in [0, 0.05) is 6.54 Å². The molecule has 3 nitrogen and oxygen atoms in total. The zero-order valence-corrected chi connectivity index (χ0v) is 13.8. The van der Waals surface area contributed by atoms with Crippen molar-refractivity contribution in [1.82, 2.24) is 4.90 Å². The van der Waals surface area contributed by atoms with Gasteiger partial charge >= 0.3 is 6.18 Å². The fraction of sp³-hybridized carbons (Fsp3) is 0.278. The van der Waals surface area contributed by atoms with Gasteiger partial charge in [0.05, 0.1) is 17.3 Å². The molecule has 1 atom stereocenters. The summed E-state index contributed by atoms with van der Waals surface area (Å²) in [6.07, 6.45) is -4.46. The van der Waals surface area contributed by atoms with Gasteiger partial charge in [-0.05, 0) is 37.7 Å². The van der Waals surface area contributed by atoms with Crippen molar-refractivity contribution >= 4 is 11.6 Å². The lowest BCUT2D eigenvalue weighted by Crippen LogP contribution is -2.39. The number of benzene rings is 2. The summed E-state index contributed by atoms with van der Waals surface area (Å²) in [5, 5.41) is 2.44. The molecule has 134 valence electrons. The zero-order chi connectivity index (χ0) is 18.6. The first kappa shape index (κ1) is 18.9. The number of likely N-dealkylation sites (N-methyl/N-ethyl adjacent to an activating group) is 1. The Morgan fingerprint density at radius 3 is 2.36 bits per heavy atom. The Labute approximate surface area is 143 Å². The molecule has 1 N–H and O–H groups in total. The van der Waals surface area contributed by atoms with Crippen molar-refractivity contribution in [3.63, 3.8) is 0 Å². The van der Waals surface area contributed by atoms with E-state index in [9.17, 15) is 22.4 Å². The van der Waals surface area contributed by atoms with Gasteiger partial charge < -0.3 is 5.32 Å². The van der Waals surface area contributed by atoms with E-state index in [0.29, 0.717) is 0 Å². The summed E-state index contributed by atoms with van der Waals surface area (Å²) in [7, 11) is 1.54. The van der Waals surface area contributed by atoms with Crippen molar-refractivity contribution in [3.05, 3.63) is 65.5 Å². The van der Waals surface area contributed by atoms with Gasteiger partial charge in [-0.25, -0.2) is 4.39 Å². The van der Waals surface area contributed by atoms with E-state index in [1.54, 1.807) is 20.0 Å². The fourth-order valence-electron chi connectivity index (χ4n) is 2.34. The predicted octanol–water partition coefficient (Wildman–Crippen LogP) is 4.30. The number of carbonyl (C=O) groups is 1. The summed E-state index contributed by atoms with van der Waals surface area (Å²) in [6.45, 7) is 1.48. The summed E-state index contributed by atoms with van der Waals surface area (Å²) in [6, 6.07) is 10.2. The molecule has 0 aliphatic heterocycles. The van der Waals surface area contributed by atoms with Gasteiger partial charge in [0.1, 0.15) is 5.82 Å². The first-order valence-corrected chi connectivity index (χ1v) is 7.61. The van der Waals surface area contributed by atoms with Crippen LogP contribution in [0.1, 0.15) is 18.1 Å². The second-order valence-electron chi connectivity index (χ2n) is 5.72. The van der Waals surface area contributed by atoms with E-state index >= 15 is 0 Å². The smallest absolute Gasteiger partial charge is 0.322 e. The third-order valence-electron chi connectivity index (χ3n) is 3.91. The molecule has 1 unspecified atom stereocenters. The Kier molecular flexibility index (Phi) is 5.79. The number of nitrogens with one attached hydrogen (secondary N) is 1. The van der Waals surface area contributed by atoms with Gasteiger partial charge in [-0.15, -0.1) is 0 Å². The molecule has 0 saturated heterocycles. The van der Waals surface area contributed by atoms with Gasteiger partial charge in [0.2, 0.25) is 5.91 Å². The van der Waals surface area contributed by atoms with E-state index in [1.165, 1.54) is 41.3 Å². The Bertz CT molecular complexity index is 746. The highest BCUT2D eigenvalue weighted by molar-refractivity contribution is 5.94. The second-order valence-corrected chi connectivity index (χ2v) is 5.72. The van der Waals surface area contributed by atoms with E-state index < -0.39 is 29.5 Å². The number of alkyl halides is 3. The number of para-hydroxylation sites is 1. The third-order valence-corrected chi connectivity index (χ3v) is 3.91. The highest BCUT2D eigenvalue weighted by Gasteiger charge is 2.33. The zero-order valence-electron chi connectivity index (χ0n) is 13.8. The first-order chi connectivity index (χ1) is 11.7. The maximum atomic E-state index is 13.6. The van der Waals surface area contributed by atoms with Crippen LogP contribution in [0.4, 0.5) is 23.2 Å². The lowest BCUT2D eigenvalue weighted by molar-refractivity contribution is -0.138. The number of amides is 1. The molecule has 1 amide bonds. The third kappa shape index (κ3) is 4.79. The molecule has 2 rings (SSSR count). The van der Waals surface area contributed by atoms with Crippen LogP contribution in [0.5, 0.6) is 0 Å². The number of hydrogen-bond acceptors (Lipinski definition) is 2. The molecule has 0 bridgehead atoms. The van der Waals surface area contributed by atoms with Crippen LogP contribution in [0.15, 0.2) is 48.5 Å². The van der Waals surface area contributed by atoms with E-state index in [-0.39, 0.29) is 17.8 Å². The van der Waals surface area contributed by atoms with E-state index in [0.717, 1.165) is 6.07 Å². The van der Waals surface area contributed by atoms with Crippen molar-refractivity contribution in [3.8, 4) is 0 Å². The molecule has 0 heterocycles. The average Bonchev–Trinajstić information content (AvgIpc) is 2.55. The molecule has 2 aromatic rings. The monoisotopic (exact) mass is 354 g/mol. The predicted molar refractivity (Wildman–Crippen MR) is 87.4 cm³/mol. The van der Waals surface area contributed by atoms with E-state index in [2.05, 4.69) is 5.32 Å². The standard InChI is InChI=1S/C18H18F4N2O/c1-12(17(25)23-16-10-6-5-9-15(16)19)24(2)11-13-7-3-4-8-14(13)18(20,21)22/h3-10,12H,11H2,1-2H3,(H,23,25). The number of anilines is 1. The maximum absolute atomic E-state index is 13.6. The van der Waals surface area contributed by atoms with E-state index in [1.807, 2.05) is 0 Å². The van der Waals surface area contributed by atoms with Crippen LogP contribution in [0, 0.1) is 5.82 Å². The fourth-order valence-corrected chi connectivity index (χ4v) is 2.34. The molecule has 0 spiro atoms. The second kappa shape index (κ2) is 7.65. The molecule has 0 aromatic heterocycles. The highest BCUT2D eigenvalue weighted by atomic mass is 19.4. The molecular weight excluding hydrogens is 336 g/mol. The number of nitrogens with zero attached hydrogens (tertiary/aromatic N) is 1. The summed E-state index contributed by atoms with van der Waals surface area (Å²) in [5.74, 6) is -1.08. The Morgan fingerprint density at radius 2 is 1.72 bits per heavy atom. The summed E-state index contributed by atoms with van der Waals surface area (Å²) in [5.41, 5.74) is -0.630. The van der Waals surface area contributed by atoms with Crippen LogP contribution in [0.3, 0.4) is 0 Å². The largest absolute Gasteiger partial charge is 0.416 e. The Morgan fingerprint density at radius 1 is 1.12 bits per heavy atom. The maximum Gasteiger partial charge on any atom is 0.416 e. The van der Waals surface area contributed by atoms with Crippen LogP contribution in [-0.4, -0.2) is 23.9 Å². The lowest BCUT2D eigenvalue weighted by atomic mass is 10.1. The van der Waals surface area contributed by atoms with Crippen LogP contribution < -0.4 is 5.32 Å². The van der Waals surface area contributed by atoms with Gasteiger partial charge in [0.15, 0.2) is 0 Å². The lowest BCUT2D eigenvalue weighted by Gasteiger charge is -2.25. The summed E-state index contributed by atoms with van der Waals surface area (Å²) >= 11 is 0. The van der Waals surface area contributed by atoms with Crippen molar-refractivity contribution in [1.29, 1.82) is 0 Å². The molecule has 0 aliphatic rings. The van der Waals surface area contributed by atoms with Crippen LogP contribution in [-0.2, 0) is 17.5 Å². The normalized spacial score (nSPS) is 12.9. The van der Waals surface area contributed by atoms with Crippen molar-refractivity contribution < 1.29 is 22.4 Å². The van der Waals surface area contributed by atoms with Gasteiger partial charge in [0.25, 0.3) is 0 Å². The topological polar surface area (TPSA) is 32.3 Å². The molecule has 0 fully saturated rings. The van der Waals surface area contributed by atoms with Gasteiger partial charge in [-0.1, -0.05) is 30.3 Å². The number of carbonyl (C=O) groups excluding carboxylic acids is 1. The highest BCUT2D eigenvalue weighted by Crippen LogP contribution is 2.32. The SMILES string of the molecule is CC(C(=O)Nc1ccccc1F)N(C)Cc1ccccc1C(F)(F)F. The van der Waals surface area contributed by atoms with Crippen LogP contribution in [0.25, 0.3) is 0 Å². The minimum Gasteiger partial charge on any atom is -0.322 e. The number of hydrogen-bond donors (Lipinski definition) is 1. The Hall–Kier alpha value is -2.41. The van der Waals surface area contributed by atoms with Gasteiger partial charge in [-0.3, -0.25) is 9.69 Å². The molecule has 0 saturated carbocycles. The molecule has 25 heavy (non-hydrogen) atoms. The number of rotatable bonds is 5. The molecule has 0 aliphatic carbocycles. The molecule has 7 heteroatoms.